The third kappa shape index (κ3) is 4.55. The Morgan fingerprint density at radius 3 is 2.95 bits per heavy atom. The molecule has 1 rings (SSSR count). The summed E-state index contributed by atoms with van der Waals surface area (Å²) in [6.07, 6.45) is 1.75. The Kier molecular flexibility index (Phi) is 5.81. The highest BCUT2D eigenvalue weighted by atomic mass is 79.9. The highest BCUT2D eigenvalue weighted by molar-refractivity contribution is 9.10. The van der Waals surface area contributed by atoms with E-state index in [1.54, 1.807) is 0 Å². The fraction of sp³-hybridized carbons (Fsp3) is 0.545. The number of aromatic amines is 1. The molecule has 1 aromatic heterocycles. The fourth-order valence-electron chi connectivity index (χ4n) is 1.62. The number of H-pyrrole nitrogens is 1. The highest BCUT2D eigenvalue weighted by Gasteiger charge is 2.15. The van der Waals surface area contributed by atoms with Crippen LogP contribution in [0.25, 0.3) is 0 Å². The summed E-state index contributed by atoms with van der Waals surface area (Å²) in [4.78, 5) is 20.2. The zero-order chi connectivity index (χ0) is 14.4. The van der Waals surface area contributed by atoms with Crippen molar-refractivity contribution in [2.24, 2.45) is 16.8 Å². The minimum absolute atomic E-state index is 0.148. The van der Waals surface area contributed by atoms with Crippen LogP contribution in [-0.4, -0.2) is 34.1 Å². The Morgan fingerprint density at radius 2 is 2.37 bits per heavy atom. The Bertz CT molecular complexity index is 500. The van der Waals surface area contributed by atoms with Gasteiger partial charge in [0.15, 0.2) is 0 Å². The van der Waals surface area contributed by atoms with E-state index in [0.717, 1.165) is 0 Å². The summed E-state index contributed by atoms with van der Waals surface area (Å²) in [6.45, 7) is 5.37. The number of hydrogen-bond acceptors (Lipinski definition) is 5. The van der Waals surface area contributed by atoms with Crippen molar-refractivity contribution >= 4 is 27.6 Å². The third-order valence-corrected chi connectivity index (χ3v) is 3.14. The van der Waals surface area contributed by atoms with Gasteiger partial charge in [0.05, 0.1) is 6.33 Å². The molecule has 8 heteroatoms. The molecule has 0 bridgehead atoms. The standard InChI is InChI=1S/C11H18BrN5O2/c1-7(2)5-17(4-3-8(13)16-19)10-9(12)11(18)15-6-14-10/h6-7,19H,3-5H2,1-2H3,(H2,13,16)(H,14,15,18). The Balaban J connectivity index is 2.96. The summed E-state index contributed by atoms with van der Waals surface area (Å²) in [5.41, 5.74) is 5.24. The molecule has 0 aromatic carbocycles. The van der Waals surface area contributed by atoms with Gasteiger partial charge in [-0.3, -0.25) is 4.79 Å². The van der Waals surface area contributed by atoms with E-state index in [1.165, 1.54) is 6.33 Å². The van der Waals surface area contributed by atoms with Gasteiger partial charge >= 0.3 is 0 Å². The van der Waals surface area contributed by atoms with Gasteiger partial charge in [-0.2, -0.15) is 0 Å². The molecule has 1 heterocycles. The van der Waals surface area contributed by atoms with Crippen LogP contribution in [0.2, 0.25) is 0 Å². The van der Waals surface area contributed by atoms with Gasteiger partial charge < -0.3 is 20.8 Å². The van der Waals surface area contributed by atoms with E-state index in [4.69, 9.17) is 10.9 Å². The smallest absolute Gasteiger partial charge is 0.267 e. The van der Waals surface area contributed by atoms with Gasteiger partial charge in [-0.15, -0.1) is 0 Å². The van der Waals surface area contributed by atoms with Gasteiger partial charge in [0.1, 0.15) is 16.1 Å². The van der Waals surface area contributed by atoms with Gasteiger partial charge in [-0.05, 0) is 21.8 Å². The predicted octanol–water partition coefficient (Wildman–Crippen LogP) is 1.13. The highest BCUT2D eigenvalue weighted by Crippen LogP contribution is 2.20. The normalized spacial score (nSPS) is 11.9. The van der Waals surface area contributed by atoms with Crippen molar-refractivity contribution in [3.63, 3.8) is 0 Å². The largest absolute Gasteiger partial charge is 0.409 e. The van der Waals surface area contributed by atoms with Gasteiger partial charge in [0.25, 0.3) is 5.56 Å². The maximum atomic E-state index is 11.6. The van der Waals surface area contributed by atoms with Crippen LogP contribution in [0.1, 0.15) is 20.3 Å². The first-order chi connectivity index (χ1) is 8.95. The lowest BCUT2D eigenvalue weighted by molar-refractivity contribution is 0.317. The van der Waals surface area contributed by atoms with Crippen LogP contribution in [-0.2, 0) is 0 Å². The molecule has 0 aliphatic heterocycles. The Hall–Kier alpha value is -1.57. The second-order valence-corrected chi connectivity index (χ2v) is 5.34. The molecule has 1 aromatic rings. The van der Waals surface area contributed by atoms with Gasteiger partial charge in [0.2, 0.25) is 0 Å². The summed E-state index contributed by atoms with van der Waals surface area (Å²) >= 11 is 3.24. The second-order valence-electron chi connectivity index (χ2n) is 4.55. The second kappa shape index (κ2) is 7.13. The fourth-order valence-corrected chi connectivity index (χ4v) is 2.09. The van der Waals surface area contributed by atoms with E-state index < -0.39 is 0 Å². The number of nitrogens with one attached hydrogen (secondary N) is 1. The van der Waals surface area contributed by atoms with Crippen molar-refractivity contribution in [2.75, 3.05) is 18.0 Å². The van der Waals surface area contributed by atoms with Crippen LogP contribution in [0.3, 0.4) is 0 Å². The molecular weight excluding hydrogens is 314 g/mol. The first-order valence-corrected chi connectivity index (χ1v) is 6.69. The average Bonchev–Trinajstić information content (AvgIpc) is 2.37. The lowest BCUT2D eigenvalue weighted by Gasteiger charge is -2.25. The molecule has 0 atom stereocenters. The minimum Gasteiger partial charge on any atom is -0.409 e. The molecule has 0 unspecified atom stereocenters. The first-order valence-electron chi connectivity index (χ1n) is 5.90. The molecule has 0 amide bonds. The number of nitrogens with two attached hydrogens (primary N) is 1. The van der Waals surface area contributed by atoms with Gasteiger partial charge in [-0.1, -0.05) is 19.0 Å². The minimum atomic E-state index is -0.234. The van der Waals surface area contributed by atoms with Crippen LogP contribution in [0.15, 0.2) is 20.8 Å². The molecular formula is C11H18BrN5O2. The summed E-state index contributed by atoms with van der Waals surface area (Å²) in [5, 5.41) is 11.5. The number of nitrogens with zero attached hydrogens (tertiary/aromatic N) is 3. The van der Waals surface area contributed by atoms with Crippen molar-refractivity contribution in [1.82, 2.24) is 9.97 Å². The predicted molar refractivity (Wildman–Crippen MR) is 77.6 cm³/mol. The lowest BCUT2D eigenvalue weighted by Crippen LogP contribution is -2.33. The number of aromatic nitrogens is 2. The molecule has 4 N–H and O–H groups in total. The molecule has 0 saturated heterocycles. The molecule has 0 fully saturated rings. The Morgan fingerprint density at radius 1 is 1.68 bits per heavy atom. The number of amidine groups is 1. The summed E-state index contributed by atoms with van der Waals surface area (Å²) in [6, 6.07) is 0. The first kappa shape index (κ1) is 15.5. The van der Waals surface area contributed by atoms with Crippen LogP contribution in [0.5, 0.6) is 0 Å². The number of halogens is 1. The summed E-state index contributed by atoms with van der Waals surface area (Å²) < 4.78 is 0.384. The SMILES string of the molecule is CC(C)CN(CCC(N)=NO)c1nc[nH]c(=O)c1Br. The van der Waals surface area contributed by atoms with Gasteiger partial charge in [0, 0.05) is 19.5 Å². The van der Waals surface area contributed by atoms with Crippen LogP contribution >= 0.6 is 15.9 Å². The number of oxime groups is 1. The quantitative estimate of drug-likeness (QED) is 0.313. The number of rotatable bonds is 6. The van der Waals surface area contributed by atoms with Crippen LogP contribution < -0.4 is 16.2 Å². The summed E-state index contributed by atoms with van der Waals surface area (Å²) in [7, 11) is 0. The lowest BCUT2D eigenvalue weighted by atomic mass is 10.2. The van der Waals surface area contributed by atoms with Crippen molar-refractivity contribution in [3.8, 4) is 0 Å². The summed E-state index contributed by atoms with van der Waals surface area (Å²) in [5.74, 6) is 1.10. The molecule has 0 radical (unpaired) electrons. The van der Waals surface area contributed by atoms with E-state index in [9.17, 15) is 4.79 Å². The molecule has 19 heavy (non-hydrogen) atoms. The maximum absolute atomic E-state index is 11.6. The number of hydrogen-bond donors (Lipinski definition) is 3. The zero-order valence-corrected chi connectivity index (χ0v) is 12.5. The topological polar surface area (TPSA) is 108 Å². The van der Waals surface area contributed by atoms with Gasteiger partial charge in [-0.25, -0.2) is 4.98 Å². The Labute approximate surface area is 119 Å². The molecule has 106 valence electrons. The van der Waals surface area contributed by atoms with Crippen LogP contribution in [0.4, 0.5) is 5.82 Å². The van der Waals surface area contributed by atoms with E-state index in [1.807, 2.05) is 4.90 Å². The zero-order valence-electron chi connectivity index (χ0n) is 10.9. The van der Waals surface area contributed by atoms with Crippen molar-refractivity contribution in [3.05, 3.63) is 21.2 Å². The van der Waals surface area contributed by atoms with Crippen molar-refractivity contribution in [1.29, 1.82) is 0 Å². The molecule has 0 spiro atoms. The number of anilines is 1. The van der Waals surface area contributed by atoms with E-state index in [0.29, 0.717) is 35.7 Å². The molecule has 0 aliphatic carbocycles. The molecule has 0 saturated carbocycles. The monoisotopic (exact) mass is 331 g/mol. The average molecular weight is 332 g/mol. The third-order valence-electron chi connectivity index (χ3n) is 2.43. The van der Waals surface area contributed by atoms with Crippen molar-refractivity contribution in [2.45, 2.75) is 20.3 Å². The van der Waals surface area contributed by atoms with E-state index >= 15 is 0 Å². The van der Waals surface area contributed by atoms with Crippen molar-refractivity contribution < 1.29 is 5.21 Å². The maximum Gasteiger partial charge on any atom is 0.267 e. The van der Waals surface area contributed by atoms with E-state index in [2.05, 4.69) is 44.9 Å². The van der Waals surface area contributed by atoms with E-state index in [-0.39, 0.29) is 11.4 Å². The van der Waals surface area contributed by atoms with Crippen LogP contribution in [0, 0.1) is 5.92 Å². The molecule has 7 nitrogen and oxygen atoms in total. The molecule has 0 aliphatic rings.